The van der Waals surface area contributed by atoms with Gasteiger partial charge in [-0.2, -0.15) is 5.10 Å². The Morgan fingerprint density at radius 1 is 1.33 bits per heavy atom. The summed E-state index contributed by atoms with van der Waals surface area (Å²) in [5.41, 5.74) is 2.40. The van der Waals surface area contributed by atoms with Gasteiger partial charge in [-0.25, -0.2) is 4.52 Å². The molecule has 0 bridgehead atoms. The van der Waals surface area contributed by atoms with Crippen molar-refractivity contribution in [2.45, 2.75) is 52.4 Å². The molecule has 5 heteroatoms. The number of hydrogen-bond acceptors (Lipinski definition) is 3. The van der Waals surface area contributed by atoms with Crippen molar-refractivity contribution < 1.29 is 9.22 Å². The third-order valence-corrected chi connectivity index (χ3v) is 8.76. The predicted molar refractivity (Wildman–Crippen MR) is 87.2 cm³/mol. The SMILES string of the molecule is CC(=O)c1cccc2cc(CO[Si](C)(C)C(C)(C)C)nn12. The van der Waals surface area contributed by atoms with E-state index < -0.39 is 8.32 Å². The molecule has 0 amide bonds. The molecule has 0 aliphatic heterocycles. The first-order valence-corrected chi connectivity index (χ1v) is 10.2. The number of aromatic nitrogens is 2. The number of carbonyl (C=O) groups excluding carboxylic acids is 1. The Morgan fingerprint density at radius 3 is 2.57 bits per heavy atom. The van der Waals surface area contributed by atoms with Gasteiger partial charge < -0.3 is 4.43 Å². The lowest BCUT2D eigenvalue weighted by molar-refractivity contribution is 0.101. The second-order valence-corrected chi connectivity index (χ2v) is 11.8. The number of hydrogen-bond donors (Lipinski definition) is 0. The van der Waals surface area contributed by atoms with Crippen LogP contribution >= 0.6 is 0 Å². The number of carbonyl (C=O) groups is 1. The first-order valence-electron chi connectivity index (χ1n) is 7.24. The van der Waals surface area contributed by atoms with Crippen molar-refractivity contribution in [2.24, 2.45) is 0 Å². The molecule has 2 heterocycles. The van der Waals surface area contributed by atoms with E-state index >= 15 is 0 Å². The molecule has 0 saturated heterocycles. The van der Waals surface area contributed by atoms with Crippen LogP contribution in [0.2, 0.25) is 18.1 Å². The van der Waals surface area contributed by atoms with Crippen LogP contribution in [0.1, 0.15) is 43.9 Å². The van der Waals surface area contributed by atoms with Gasteiger partial charge in [0.2, 0.25) is 0 Å². The molecule has 0 atom stereocenters. The van der Waals surface area contributed by atoms with Gasteiger partial charge in [0, 0.05) is 6.92 Å². The fraction of sp³-hybridized carbons (Fsp3) is 0.500. The molecule has 0 fully saturated rings. The maximum absolute atomic E-state index is 11.6. The highest BCUT2D eigenvalue weighted by Gasteiger charge is 2.37. The van der Waals surface area contributed by atoms with Crippen LogP contribution in [0.25, 0.3) is 5.52 Å². The third kappa shape index (κ3) is 3.24. The van der Waals surface area contributed by atoms with Crippen LogP contribution in [0.4, 0.5) is 0 Å². The Bertz CT molecular complexity index is 668. The largest absolute Gasteiger partial charge is 0.411 e. The Kier molecular flexibility index (Phi) is 4.08. The van der Waals surface area contributed by atoms with Crippen molar-refractivity contribution in [3.63, 3.8) is 0 Å². The lowest BCUT2D eigenvalue weighted by Gasteiger charge is -2.35. The lowest BCUT2D eigenvalue weighted by Crippen LogP contribution is -2.40. The Labute approximate surface area is 127 Å². The van der Waals surface area contributed by atoms with Crippen molar-refractivity contribution >= 4 is 19.6 Å². The summed E-state index contributed by atoms with van der Waals surface area (Å²) in [6.07, 6.45) is 0. The van der Waals surface area contributed by atoms with Crippen LogP contribution in [-0.2, 0) is 11.0 Å². The smallest absolute Gasteiger partial charge is 0.192 e. The monoisotopic (exact) mass is 304 g/mol. The van der Waals surface area contributed by atoms with Crippen LogP contribution in [-0.4, -0.2) is 23.7 Å². The summed E-state index contributed by atoms with van der Waals surface area (Å²) in [6.45, 7) is 13.2. The zero-order valence-corrected chi connectivity index (χ0v) is 14.7. The van der Waals surface area contributed by atoms with Crippen molar-refractivity contribution in [2.75, 3.05) is 0 Å². The van der Waals surface area contributed by atoms with Gasteiger partial charge in [-0.15, -0.1) is 0 Å². The van der Waals surface area contributed by atoms with Gasteiger partial charge in [-0.05, 0) is 36.3 Å². The van der Waals surface area contributed by atoms with Gasteiger partial charge >= 0.3 is 0 Å². The van der Waals surface area contributed by atoms with E-state index in [-0.39, 0.29) is 10.8 Å². The summed E-state index contributed by atoms with van der Waals surface area (Å²) in [4.78, 5) is 11.6. The van der Waals surface area contributed by atoms with Crippen LogP contribution < -0.4 is 0 Å². The molecule has 0 spiro atoms. The number of ketones is 1. The normalized spacial score (nSPS) is 12.9. The van der Waals surface area contributed by atoms with Crippen LogP contribution in [0.3, 0.4) is 0 Å². The quantitative estimate of drug-likeness (QED) is 0.632. The molecule has 114 valence electrons. The minimum Gasteiger partial charge on any atom is -0.411 e. The van der Waals surface area contributed by atoms with E-state index in [9.17, 15) is 4.79 Å². The Balaban J connectivity index is 2.25. The van der Waals surface area contributed by atoms with Gasteiger partial charge in [0.15, 0.2) is 14.1 Å². The van der Waals surface area contributed by atoms with E-state index in [1.807, 2.05) is 18.2 Å². The maximum Gasteiger partial charge on any atom is 0.192 e. The molecule has 0 saturated carbocycles. The zero-order valence-electron chi connectivity index (χ0n) is 13.7. The average Bonchev–Trinajstić information content (AvgIpc) is 2.77. The third-order valence-electron chi connectivity index (χ3n) is 4.28. The molecule has 2 aromatic rings. The van der Waals surface area contributed by atoms with Gasteiger partial charge in [-0.1, -0.05) is 26.8 Å². The van der Waals surface area contributed by atoms with Crippen molar-refractivity contribution in [3.8, 4) is 0 Å². The minimum absolute atomic E-state index is 0.0144. The van der Waals surface area contributed by atoms with Crippen molar-refractivity contribution in [3.05, 3.63) is 35.7 Å². The van der Waals surface area contributed by atoms with Gasteiger partial charge in [-0.3, -0.25) is 4.79 Å². The van der Waals surface area contributed by atoms with E-state index in [0.29, 0.717) is 12.3 Å². The zero-order chi connectivity index (χ0) is 15.8. The van der Waals surface area contributed by atoms with Crippen LogP contribution in [0.5, 0.6) is 0 Å². The summed E-state index contributed by atoms with van der Waals surface area (Å²) in [5, 5.41) is 4.69. The van der Waals surface area contributed by atoms with E-state index in [4.69, 9.17) is 4.43 Å². The number of rotatable bonds is 4. The van der Waals surface area contributed by atoms with Crippen LogP contribution in [0, 0.1) is 0 Å². The van der Waals surface area contributed by atoms with Crippen molar-refractivity contribution in [1.82, 2.24) is 9.61 Å². The highest BCUT2D eigenvalue weighted by Crippen LogP contribution is 2.37. The molecule has 0 aliphatic rings. The number of nitrogens with zero attached hydrogens (tertiary/aromatic N) is 2. The van der Waals surface area contributed by atoms with E-state index in [2.05, 4.69) is 39.0 Å². The average molecular weight is 304 g/mol. The Morgan fingerprint density at radius 2 is 2.00 bits per heavy atom. The summed E-state index contributed by atoms with van der Waals surface area (Å²) in [7, 11) is -1.79. The number of Topliss-reactive ketones (excluding diaryl/α,β-unsaturated/α-hetero) is 1. The topological polar surface area (TPSA) is 43.6 Å². The number of pyridine rings is 1. The van der Waals surface area contributed by atoms with Gasteiger partial charge in [0.25, 0.3) is 0 Å². The lowest BCUT2D eigenvalue weighted by atomic mass is 10.2. The Hall–Kier alpha value is -1.46. The predicted octanol–water partition coefficient (Wildman–Crippen LogP) is 4.06. The van der Waals surface area contributed by atoms with E-state index in [1.54, 1.807) is 17.5 Å². The fourth-order valence-electron chi connectivity index (χ4n) is 1.87. The second kappa shape index (κ2) is 5.39. The summed E-state index contributed by atoms with van der Waals surface area (Å²) in [6, 6.07) is 7.61. The molecular formula is C16H24N2O2Si. The molecule has 0 radical (unpaired) electrons. The maximum atomic E-state index is 11.6. The molecular weight excluding hydrogens is 280 g/mol. The first-order chi connectivity index (χ1) is 9.62. The van der Waals surface area contributed by atoms with Gasteiger partial charge in [0.05, 0.1) is 17.8 Å². The molecule has 0 aliphatic carbocycles. The molecule has 4 nitrogen and oxygen atoms in total. The van der Waals surface area contributed by atoms with Gasteiger partial charge in [0.1, 0.15) is 5.69 Å². The first kappa shape index (κ1) is 15.9. The summed E-state index contributed by atoms with van der Waals surface area (Å²) < 4.78 is 7.89. The molecule has 0 aromatic carbocycles. The van der Waals surface area contributed by atoms with Crippen LogP contribution in [0.15, 0.2) is 24.3 Å². The molecule has 2 aromatic heterocycles. The molecule has 0 unspecified atom stereocenters. The highest BCUT2D eigenvalue weighted by atomic mass is 28.4. The standard InChI is InChI=1S/C16H24N2O2Si/c1-12(19)15-9-7-8-14-10-13(17-18(14)15)11-20-21(5,6)16(2,3)4/h7-10H,11H2,1-6H3. The summed E-state index contributed by atoms with van der Waals surface area (Å²) in [5.74, 6) is 0.0144. The molecule has 2 rings (SSSR count). The molecule has 0 N–H and O–H groups in total. The van der Waals surface area contributed by atoms with E-state index in [0.717, 1.165) is 11.2 Å². The summed E-state index contributed by atoms with van der Waals surface area (Å²) >= 11 is 0. The fourth-order valence-corrected chi connectivity index (χ4v) is 2.82. The van der Waals surface area contributed by atoms with E-state index in [1.165, 1.54) is 0 Å². The number of fused-ring (bicyclic) bond motifs is 1. The highest BCUT2D eigenvalue weighted by molar-refractivity contribution is 6.74. The minimum atomic E-state index is -1.79. The second-order valence-electron chi connectivity index (χ2n) is 6.99. The van der Waals surface area contributed by atoms with Crippen molar-refractivity contribution in [1.29, 1.82) is 0 Å². The molecule has 21 heavy (non-hydrogen) atoms.